The van der Waals surface area contributed by atoms with E-state index in [4.69, 9.17) is 9.84 Å². The number of nitrogens with zero attached hydrogens (tertiary/aromatic N) is 2. The Balaban J connectivity index is 2.04. The third kappa shape index (κ3) is 2.02. The van der Waals surface area contributed by atoms with Gasteiger partial charge in [-0.15, -0.1) is 0 Å². The number of rotatable bonds is 2. The molecule has 1 N–H and O–H groups in total. The highest BCUT2D eigenvalue weighted by molar-refractivity contribution is 5.44. The van der Waals surface area contributed by atoms with Gasteiger partial charge in [-0.05, 0) is 12.1 Å². The van der Waals surface area contributed by atoms with E-state index in [1.165, 1.54) is 0 Å². The number of aliphatic hydroxyl groups excluding tert-OH is 1. The number of anilines is 1. The summed E-state index contributed by atoms with van der Waals surface area (Å²) in [6, 6.07) is 3.94. The van der Waals surface area contributed by atoms with Crippen molar-refractivity contribution in [1.29, 1.82) is 0 Å². The molecule has 1 aliphatic heterocycles. The molecule has 0 bridgehead atoms. The van der Waals surface area contributed by atoms with E-state index < -0.39 is 0 Å². The number of aromatic nitrogens is 1. The third-order valence-corrected chi connectivity index (χ3v) is 2.35. The second-order valence-corrected chi connectivity index (χ2v) is 3.33. The van der Waals surface area contributed by atoms with Gasteiger partial charge in [-0.2, -0.15) is 0 Å². The Bertz CT molecular complexity index is 279. The predicted molar refractivity (Wildman–Crippen MR) is 53.3 cm³/mol. The molecule has 1 aliphatic rings. The lowest BCUT2D eigenvalue weighted by atomic mass is 10.2. The topological polar surface area (TPSA) is 45.6 Å². The third-order valence-electron chi connectivity index (χ3n) is 2.35. The Morgan fingerprint density at radius 1 is 1.64 bits per heavy atom. The van der Waals surface area contributed by atoms with Gasteiger partial charge in [0.2, 0.25) is 0 Å². The monoisotopic (exact) mass is 194 g/mol. The van der Waals surface area contributed by atoms with Gasteiger partial charge >= 0.3 is 0 Å². The second-order valence-electron chi connectivity index (χ2n) is 3.33. The highest BCUT2D eigenvalue weighted by atomic mass is 16.5. The molecule has 0 spiro atoms. The first-order valence-corrected chi connectivity index (χ1v) is 4.77. The highest BCUT2D eigenvalue weighted by Gasteiger charge is 2.19. The van der Waals surface area contributed by atoms with E-state index in [1.54, 1.807) is 6.20 Å². The Morgan fingerprint density at radius 3 is 3.29 bits per heavy atom. The van der Waals surface area contributed by atoms with Crippen LogP contribution in [0.4, 0.5) is 5.69 Å². The molecule has 4 nitrogen and oxygen atoms in total. The van der Waals surface area contributed by atoms with Gasteiger partial charge in [0.25, 0.3) is 0 Å². The maximum absolute atomic E-state index is 8.99. The van der Waals surface area contributed by atoms with E-state index in [0.717, 1.165) is 18.8 Å². The molecule has 2 rings (SSSR count). The van der Waals surface area contributed by atoms with Crippen LogP contribution >= 0.6 is 0 Å². The molecule has 76 valence electrons. The SMILES string of the molecule is OC[C@H]1CN(c2cccnc2)CCO1. The minimum absolute atomic E-state index is 0.0658. The molecule has 0 saturated carbocycles. The number of ether oxygens (including phenoxy) is 1. The Labute approximate surface area is 83.1 Å². The molecule has 1 fully saturated rings. The predicted octanol–water partition coefficient (Wildman–Crippen LogP) is 0.279. The molecule has 1 atom stereocenters. The van der Waals surface area contributed by atoms with Crippen LogP contribution in [-0.4, -0.2) is 42.5 Å². The lowest BCUT2D eigenvalue weighted by Gasteiger charge is -2.33. The van der Waals surface area contributed by atoms with E-state index in [1.807, 2.05) is 18.3 Å². The fourth-order valence-corrected chi connectivity index (χ4v) is 1.61. The minimum Gasteiger partial charge on any atom is -0.394 e. The van der Waals surface area contributed by atoms with E-state index in [-0.39, 0.29) is 12.7 Å². The molecule has 1 aromatic rings. The summed E-state index contributed by atoms with van der Waals surface area (Å²) in [5.74, 6) is 0. The number of pyridine rings is 1. The maximum atomic E-state index is 8.99. The van der Waals surface area contributed by atoms with Crippen molar-refractivity contribution >= 4 is 5.69 Å². The van der Waals surface area contributed by atoms with Gasteiger partial charge in [0.05, 0.1) is 31.2 Å². The molecule has 2 heterocycles. The van der Waals surface area contributed by atoms with Gasteiger partial charge in [-0.3, -0.25) is 4.98 Å². The van der Waals surface area contributed by atoms with E-state index >= 15 is 0 Å². The molecular formula is C10H14N2O2. The van der Waals surface area contributed by atoms with Crippen LogP contribution in [0.3, 0.4) is 0 Å². The normalized spacial score (nSPS) is 22.4. The number of morpholine rings is 1. The van der Waals surface area contributed by atoms with Gasteiger partial charge in [0, 0.05) is 19.3 Å². The first kappa shape index (κ1) is 9.43. The van der Waals surface area contributed by atoms with Gasteiger partial charge in [0.1, 0.15) is 0 Å². The van der Waals surface area contributed by atoms with Crippen molar-refractivity contribution in [2.75, 3.05) is 31.2 Å². The van der Waals surface area contributed by atoms with Crippen LogP contribution in [0.2, 0.25) is 0 Å². The summed E-state index contributed by atoms with van der Waals surface area (Å²) in [4.78, 5) is 6.24. The van der Waals surface area contributed by atoms with Gasteiger partial charge in [-0.1, -0.05) is 0 Å². The fraction of sp³-hybridized carbons (Fsp3) is 0.500. The molecule has 4 heteroatoms. The quantitative estimate of drug-likeness (QED) is 0.734. The molecular weight excluding hydrogens is 180 g/mol. The molecule has 0 aliphatic carbocycles. The fourth-order valence-electron chi connectivity index (χ4n) is 1.61. The standard InChI is InChI=1S/C10H14N2O2/c13-8-10-7-12(4-5-14-10)9-2-1-3-11-6-9/h1-3,6,10,13H,4-5,7-8H2/t10-/m1/s1. The Morgan fingerprint density at radius 2 is 2.57 bits per heavy atom. The van der Waals surface area contributed by atoms with E-state index in [2.05, 4.69) is 9.88 Å². The lowest BCUT2D eigenvalue weighted by molar-refractivity contribution is 0.00355. The zero-order valence-electron chi connectivity index (χ0n) is 7.97. The van der Waals surface area contributed by atoms with Crippen LogP contribution in [-0.2, 0) is 4.74 Å². The van der Waals surface area contributed by atoms with Gasteiger partial charge < -0.3 is 14.7 Å². The summed E-state index contributed by atoms with van der Waals surface area (Å²) in [5.41, 5.74) is 1.09. The smallest absolute Gasteiger partial charge is 0.0980 e. The van der Waals surface area contributed by atoms with E-state index in [0.29, 0.717) is 6.61 Å². The summed E-state index contributed by atoms with van der Waals surface area (Å²) in [7, 11) is 0. The van der Waals surface area contributed by atoms with Crippen molar-refractivity contribution in [3.63, 3.8) is 0 Å². The van der Waals surface area contributed by atoms with Crippen LogP contribution in [0.5, 0.6) is 0 Å². The maximum Gasteiger partial charge on any atom is 0.0980 e. The van der Waals surface area contributed by atoms with Crippen molar-refractivity contribution in [3.05, 3.63) is 24.5 Å². The Kier molecular flexibility index (Phi) is 2.96. The van der Waals surface area contributed by atoms with Crippen molar-refractivity contribution in [3.8, 4) is 0 Å². The van der Waals surface area contributed by atoms with Crippen molar-refractivity contribution < 1.29 is 9.84 Å². The number of hydrogen-bond donors (Lipinski definition) is 1. The molecule has 1 saturated heterocycles. The highest BCUT2D eigenvalue weighted by Crippen LogP contribution is 2.15. The molecule has 0 amide bonds. The first-order valence-electron chi connectivity index (χ1n) is 4.77. The number of aliphatic hydroxyl groups is 1. The zero-order chi connectivity index (χ0) is 9.80. The lowest BCUT2D eigenvalue weighted by Crippen LogP contribution is -2.44. The van der Waals surface area contributed by atoms with Crippen molar-refractivity contribution in [1.82, 2.24) is 4.98 Å². The summed E-state index contributed by atoms with van der Waals surface area (Å²) in [6.07, 6.45) is 3.52. The summed E-state index contributed by atoms with van der Waals surface area (Å²) in [6.45, 7) is 2.35. The van der Waals surface area contributed by atoms with Gasteiger partial charge in [-0.25, -0.2) is 0 Å². The summed E-state index contributed by atoms with van der Waals surface area (Å²) in [5, 5.41) is 8.99. The average Bonchev–Trinajstić information content (AvgIpc) is 2.30. The van der Waals surface area contributed by atoms with Crippen LogP contribution < -0.4 is 4.90 Å². The first-order chi connectivity index (χ1) is 6.90. The number of hydrogen-bond acceptors (Lipinski definition) is 4. The van der Waals surface area contributed by atoms with Crippen molar-refractivity contribution in [2.45, 2.75) is 6.10 Å². The van der Waals surface area contributed by atoms with E-state index in [9.17, 15) is 0 Å². The zero-order valence-corrected chi connectivity index (χ0v) is 7.97. The van der Waals surface area contributed by atoms with Crippen LogP contribution in [0.1, 0.15) is 0 Å². The minimum atomic E-state index is -0.0658. The average molecular weight is 194 g/mol. The second kappa shape index (κ2) is 4.39. The summed E-state index contributed by atoms with van der Waals surface area (Å²) < 4.78 is 5.37. The Hall–Kier alpha value is -1.13. The van der Waals surface area contributed by atoms with Gasteiger partial charge in [0.15, 0.2) is 0 Å². The molecule has 14 heavy (non-hydrogen) atoms. The molecule has 1 aromatic heterocycles. The van der Waals surface area contributed by atoms with Crippen LogP contribution in [0.25, 0.3) is 0 Å². The largest absolute Gasteiger partial charge is 0.394 e. The van der Waals surface area contributed by atoms with Crippen LogP contribution in [0.15, 0.2) is 24.5 Å². The van der Waals surface area contributed by atoms with Crippen LogP contribution in [0, 0.1) is 0 Å². The summed E-state index contributed by atoms with van der Waals surface area (Å²) >= 11 is 0. The molecule has 0 aromatic carbocycles. The molecule has 0 unspecified atom stereocenters. The molecule has 0 radical (unpaired) electrons. The van der Waals surface area contributed by atoms with Crippen molar-refractivity contribution in [2.24, 2.45) is 0 Å².